The first-order valence-electron chi connectivity index (χ1n) is 6.42. The van der Waals surface area contributed by atoms with Crippen LogP contribution < -0.4 is 9.64 Å². The Morgan fingerprint density at radius 2 is 2.16 bits per heavy atom. The predicted molar refractivity (Wildman–Crippen MR) is 70.4 cm³/mol. The molecule has 102 valence electrons. The van der Waals surface area contributed by atoms with Gasteiger partial charge in [-0.1, -0.05) is 25.5 Å². The van der Waals surface area contributed by atoms with Crippen molar-refractivity contribution < 1.29 is 19.4 Å². The molecule has 0 fully saturated rings. The highest BCUT2D eigenvalue weighted by molar-refractivity contribution is 6.01. The molecule has 0 aliphatic carbocycles. The van der Waals surface area contributed by atoms with Crippen LogP contribution in [0, 0.1) is 0 Å². The van der Waals surface area contributed by atoms with Gasteiger partial charge in [0, 0.05) is 6.54 Å². The van der Waals surface area contributed by atoms with E-state index in [0.717, 1.165) is 18.5 Å². The number of ether oxygens (including phenoxy) is 1. The average molecular weight is 263 g/mol. The Morgan fingerprint density at radius 1 is 1.42 bits per heavy atom. The molecular weight excluding hydrogens is 246 g/mol. The van der Waals surface area contributed by atoms with Gasteiger partial charge in [0.2, 0.25) is 0 Å². The highest BCUT2D eigenvalue weighted by Crippen LogP contribution is 2.34. The molecule has 1 unspecified atom stereocenters. The summed E-state index contributed by atoms with van der Waals surface area (Å²) in [4.78, 5) is 24.7. The van der Waals surface area contributed by atoms with E-state index in [2.05, 4.69) is 0 Å². The number of rotatable bonds is 5. The Bertz CT molecular complexity index is 486. The monoisotopic (exact) mass is 263 g/mol. The van der Waals surface area contributed by atoms with Gasteiger partial charge in [-0.25, -0.2) is 0 Å². The van der Waals surface area contributed by atoms with Crippen molar-refractivity contribution in [1.82, 2.24) is 0 Å². The molecule has 1 aliphatic heterocycles. The topological polar surface area (TPSA) is 66.8 Å². The molecule has 0 radical (unpaired) electrons. The number of benzene rings is 1. The number of carboxylic acids is 1. The van der Waals surface area contributed by atoms with Crippen molar-refractivity contribution >= 4 is 17.6 Å². The van der Waals surface area contributed by atoms with Gasteiger partial charge < -0.3 is 14.7 Å². The number of anilines is 1. The summed E-state index contributed by atoms with van der Waals surface area (Å²) < 4.78 is 5.49. The summed E-state index contributed by atoms with van der Waals surface area (Å²) in [5.41, 5.74) is 0.725. The second-order valence-corrected chi connectivity index (χ2v) is 4.52. The smallest absolute Gasteiger partial charge is 0.307 e. The number of aliphatic carboxylic acids is 1. The fraction of sp³-hybridized carbons (Fsp3) is 0.429. The lowest BCUT2D eigenvalue weighted by molar-refractivity contribution is -0.142. The molecule has 1 N–H and O–H groups in total. The summed E-state index contributed by atoms with van der Waals surface area (Å²) >= 11 is 0. The van der Waals surface area contributed by atoms with Gasteiger partial charge in [0.25, 0.3) is 5.91 Å². The van der Waals surface area contributed by atoms with Gasteiger partial charge in [-0.3, -0.25) is 9.59 Å². The number of hydrogen-bond donors (Lipinski definition) is 1. The van der Waals surface area contributed by atoms with Gasteiger partial charge in [-0.2, -0.15) is 0 Å². The first-order valence-corrected chi connectivity index (χ1v) is 6.42. The van der Waals surface area contributed by atoms with Crippen LogP contribution >= 0.6 is 0 Å². The fourth-order valence-electron chi connectivity index (χ4n) is 2.11. The van der Waals surface area contributed by atoms with E-state index in [4.69, 9.17) is 9.84 Å². The lowest BCUT2D eigenvalue weighted by atomic mass is 10.1. The van der Waals surface area contributed by atoms with Gasteiger partial charge >= 0.3 is 5.97 Å². The first-order chi connectivity index (χ1) is 9.13. The minimum atomic E-state index is -1.03. The number of carbonyl (C=O) groups is 2. The van der Waals surface area contributed by atoms with E-state index in [9.17, 15) is 9.59 Å². The van der Waals surface area contributed by atoms with Crippen molar-refractivity contribution in [3.63, 3.8) is 0 Å². The summed E-state index contributed by atoms with van der Waals surface area (Å²) in [5.74, 6) is -0.729. The van der Waals surface area contributed by atoms with E-state index in [1.807, 2.05) is 25.1 Å². The van der Waals surface area contributed by atoms with Crippen molar-refractivity contribution in [2.24, 2.45) is 0 Å². The SMILES string of the molecule is CCCCN1C(=O)C(CC(=O)O)Oc2ccccc21. The van der Waals surface area contributed by atoms with Crippen molar-refractivity contribution in [2.75, 3.05) is 11.4 Å². The molecule has 1 atom stereocenters. The largest absolute Gasteiger partial charge is 0.481 e. The molecule has 19 heavy (non-hydrogen) atoms. The summed E-state index contributed by atoms with van der Waals surface area (Å²) in [6.45, 7) is 2.64. The number of carboxylic acid groups (broad SMARTS) is 1. The van der Waals surface area contributed by atoms with Crippen LogP contribution in [0.15, 0.2) is 24.3 Å². The number of amides is 1. The predicted octanol–water partition coefficient (Wildman–Crippen LogP) is 2.06. The Kier molecular flexibility index (Phi) is 4.04. The lowest BCUT2D eigenvalue weighted by Crippen LogP contribution is -2.47. The van der Waals surface area contributed by atoms with Gasteiger partial charge in [-0.15, -0.1) is 0 Å². The molecular formula is C14H17NO4. The standard InChI is InChI=1S/C14H17NO4/c1-2-3-8-15-10-6-4-5-7-11(10)19-12(14(15)18)9-13(16)17/h4-7,12H,2-3,8-9H2,1H3,(H,16,17). The van der Waals surface area contributed by atoms with E-state index in [-0.39, 0.29) is 12.3 Å². The highest BCUT2D eigenvalue weighted by Gasteiger charge is 2.35. The van der Waals surface area contributed by atoms with Gasteiger partial charge in [0.15, 0.2) is 6.10 Å². The van der Waals surface area contributed by atoms with Crippen LogP contribution in [0.4, 0.5) is 5.69 Å². The summed E-state index contributed by atoms with van der Waals surface area (Å²) in [7, 11) is 0. The summed E-state index contributed by atoms with van der Waals surface area (Å²) in [6, 6.07) is 7.23. The third kappa shape index (κ3) is 2.86. The molecule has 0 saturated carbocycles. The molecule has 5 nitrogen and oxygen atoms in total. The van der Waals surface area contributed by atoms with Gasteiger partial charge in [-0.05, 0) is 18.6 Å². The number of unbranched alkanes of at least 4 members (excludes halogenated alkanes) is 1. The van der Waals surface area contributed by atoms with Crippen molar-refractivity contribution in [3.05, 3.63) is 24.3 Å². The highest BCUT2D eigenvalue weighted by atomic mass is 16.5. The number of fused-ring (bicyclic) bond motifs is 1. The first kappa shape index (κ1) is 13.4. The molecule has 0 aromatic heterocycles. The minimum absolute atomic E-state index is 0.269. The van der Waals surface area contributed by atoms with E-state index in [1.54, 1.807) is 11.0 Å². The lowest BCUT2D eigenvalue weighted by Gasteiger charge is -2.33. The summed E-state index contributed by atoms with van der Waals surface area (Å²) in [5, 5.41) is 8.84. The van der Waals surface area contributed by atoms with Crippen molar-refractivity contribution in [2.45, 2.75) is 32.3 Å². The Labute approximate surface area is 111 Å². The maximum absolute atomic E-state index is 12.3. The number of nitrogens with zero attached hydrogens (tertiary/aromatic N) is 1. The normalized spacial score (nSPS) is 17.8. The second-order valence-electron chi connectivity index (χ2n) is 4.52. The van der Waals surface area contributed by atoms with Crippen LogP contribution in [0.5, 0.6) is 5.75 Å². The third-order valence-electron chi connectivity index (χ3n) is 3.06. The molecule has 5 heteroatoms. The molecule has 2 rings (SSSR count). The van der Waals surface area contributed by atoms with Crippen LogP contribution in [0.25, 0.3) is 0 Å². The Balaban J connectivity index is 2.28. The molecule has 0 saturated heterocycles. The number of para-hydroxylation sites is 2. The summed E-state index contributed by atoms with van der Waals surface area (Å²) in [6.07, 6.45) is 0.607. The van der Waals surface area contributed by atoms with Crippen LogP contribution in [-0.2, 0) is 9.59 Å². The van der Waals surface area contributed by atoms with Crippen LogP contribution in [0.3, 0.4) is 0 Å². The Morgan fingerprint density at radius 3 is 2.84 bits per heavy atom. The maximum atomic E-state index is 12.3. The molecule has 1 aliphatic rings. The van der Waals surface area contributed by atoms with Gasteiger partial charge in [0.1, 0.15) is 5.75 Å². The van der Waals surface area contributed by atoms with E-state index in [1.165, 1.54) is 0 Å². The van der Waals surface area contributed by atoms with Crippen molar-refractivity contribution in [3.8, 4) is 5.75 Å². The van der Waals surface area contributed by atoms with E-state index < -0.39 is 12.1 Å². The fourth-order valence-corrected chi connectivity index (χ4v) is 2.11. The van der Waals surface area contributed by atoms with Crippen LogP contribution in [-0.4, -0.2) is 29.6 Å². The van der Waals surface area contributed by atoms with E-state index >= 15 is 0 Å². The van der Waals surface area contributed by atoms with E-state index in [0.29, 0.717) is 12.3 Å². The molecule has 1 aromatic carbocycles. The van der Waals surface area contributed by atoms with Gasteiger partial charge in [0.05, 0.1) is 12.1 Å². The average Bonchev–Trinajstić information content (AvgIpc) is 2.38. The quantitative estimate of drug-likeness (QED) is 0.883. The second kappa shape index (κ2) is 5.73. The molecule has 0 bridgehead atoms. The number of hydrogen-bond acceptors (Lipinski definition) is 3. The molecule has 1 amide bonds. The minimum Gasteiger partial charge on any atom is -0.481 e. The van der Waals surface area contributed by atoms with Crippen molar-refractivity contribution in [1.29, 1.82) is 0 Å². The zero-order valence-electron chi connectivity index (χ0n) is 10.8. The molecule has 1 heterocycles. The zero-order valence-corrected chi connectivity index (χ0v) is 10.8. The molecule has 0 spiro atoms. The Hall–Kier alpha value is -2.04. The molecule has 1 aromatic rings. The number of carbonyl (C=O) groups excluding carboxylic acids is 1. The third-order valence-corrected chi connectivity index (χ3v) is 3.06. The zero-order chi connectivity index (χ0) is 13.8. The maximum Gasteiger partial charge on any atom is 0.307 e. The van der Waals surface area contributed by atoms with Crippen LogP contribution in [0.1, 0.15) is 26.2 Å². The van der Waals surface area contributed by atoms with Crippen LogP contribution in [0.2, 0.25) is 0 Å².